The normalized spacial score (nSPS) is 11.7. The first kappa shape index (κ1) is 16.2. The van der Waals surface area contributed by atoms with Crippen LogP contribution in [0.1, 0.15) is 30.5 Å². The van der Waals surface area contributed by atoms with Gasteiger partial charge >= 0.3 is 0 Å². The Morgan fingerprint density at radius 3 is 2.25 bits per heavy atom. The van der Waals surface area contributed by atoms with Crippen molar-refractivity contribution in [2.24, 2.45) is 0 Å². The molecule has 0 spiro atoms. The molecular weight excluding hydrogens is 377 g/mol. The van der Waals surface area contributed by atoms with Gasteiger partial charge in [0.2, 0.25) is 0 Å². The second kappa shape index (κ2) is 6.27. The molecule has 0 unspecified atom stereocenters. The third-order valence-electron chi connectivity index (χ3n) is 2.85. The molecule has 2 aromatic rings. The van der Waals surface area contributed by atoms with Gasteiger partial charge in [-0.05, 0) is 29.7 Å². The monoisotopic (exact) mass is 391 g/mol. The predicted molar refractivity (Wildman–Crippen MR) is 94.5 cm³/mol. The van der Waals surface area contributed by atoms with Gasteiger partial charge in [-0.2, -0.15) is 0 Å². The highest BCUT2D eigenvalue weighted by molar-refractivity contribution is 9.10. The van der Waals surface area contributed by atoms with Crippen molar-refractivity contribution < 1.29 is 0 Å². The molecule has 1 heterocycles. The topological polar surface area (TPSA) is 12.0 Å². The van der Waals surface area contributed by atoms with Crippen LogP contribution in [-0.4, -0.2) is 0 Å². The van der Waals surface area contributed by atoms with Crippen LogP contribution in [0.15, 0.2) is 28.7 Å². The van der Waals surface area contributed by atoms with E-state index in [1.165, 1.54) is 9.75 Å². The zero-order valence-electron chi connectivity index (χ0n) is 11.6. The molecule has 0 fully saturated rings. The predicted octanol–water partition coefficient (Wildman–Crippen LogP) is 6.73. The first-order chi connectivity index (χ1) is 9.27. The van der Waals surface area contributed by atoms with E-state index in [0.29, 0.717) is 10.0 Å². The smallest absolute Gasteiger partial charge is 0.0722 e. The van der Waals surface area contributed by atoms with Gasteiger partial charge in [0.25, 0.3) is 0 Å². The van der Waals surface area contributed by atoms with Crippen LogP contribution < -0.4 is 5.32 Å². The Bertz CT molecular complexity index is 594. The van der Waals surface area contributed by atoms with E-state index in [2.05, 4.69) is 54.2 Å². The van der Waals surface area contributed by atoms with E-state index < -0.39 is 0 Å². The highest BCUT2D eigenvalue weighted by Gasteiger charge is 2.16. The number of nitrogens with one attached hydrogen (secondary N) is 1. The summed E-state index contributed by atoms with van der Waals surface area (Å²) >= 11 is 17.6. The van der Waals surface area contributed by atoms with Gasteiger partial charge in [0.05, 0.1) is 15.7 Å². The summed E-state index contributed by atoms with van der Waals surface area (Å²) in [6.45, 7) is 7.39. The zero-order valence-corrected chi connectivity index (χ0v) is 15.5. The molecule has 2 rings (SSSR count). The lowest BCUT2D eigenvalue weighted by Crippen LogP contribution is -2.07. The molecule has 1 nitrogen and oxygen atoms in total. The average molecular weight is 393 g/mol. The Morgan fingerprint density at radius 1 is 1.15 bits per heavy atom. The lowest BCUT2D eigenvalue weighted by Gasteiger charge is -2.15. The van der Waals surface area contributed by atoms with Crippen molar-refractivity contribution in [1.82, 2.24) is 0 Å². The average Bonchev–Trinajstić information content (AvgIpc) is 2.75. The molecule has 1 aromatic carbocycles. The van der Waals surface area contributed by atoms with E-state index in [1.807, 2.05) is 23.5 Å². The summed E-state index contributed by atoms with van der Waals surface area (Å²) in [7, 11) is 0. The second-order valence-corrected chi connectivity index (χ2v) is 8.51. The number of halogens is 3. The third kappa shape index (κ3) is 3.91. The quantitative estimate of drug-likeness (QED) is 0.610. The molecule has 0 aliphatic rings. The number of benzene rings is 1. The molecule has 20 heavy (non-hydrogen) atoms. The number of anilines is 1. The number of rotatable bonds is 3. The summed E-state index contributed by atoms with van der Waals surface area (Å²) in [6.07, 6.45) is 0. The fourth-order valence-corrected chi connectivity index (χ4v) is 4.11. The highest BCUT2D eigenvalue weighted by atomic mass is 79.9. The third-order valence-corrected chi connectivity index (χ3v) is 5.41. The Kier molecular flexibility index (Phi) is 5.06. The van der Waals surface area contributed by atoms with Gasteiger partial charge in [0, 0.05) is 20.8 Å². The van der Waals surface area contributed by atoms with Crippen molar-refractivity contribution in [1.29, 1.82) is 0 Å². The Hall–Kier alpha value is -0.220. The Morgan fingerprint density at radius 2 is 1.75 bits per heavy atom. The number of hydrogen-bond donors (Lipinski definition) is 1. The van der Waals surface area contributed by atoms with Crippen LogP contribution in [0.25, 0.3) is 0 Å². The fourth-order valence-electron chi connectivity index (χ4n) is 1.76. The molecule has 5 heteroatoms. The van der Waals surface area contributed by atoms with Crippen molar-refractivity contribution in [2.75, 3.05) is 5.32 Å². The standard InChI is InChI=1S/C15H16BrCl2NS/c1-15(2,3)13-5-4-10(20-13)8-19-14-11(17)6-9(16)7-12(14)18/h4-7,19H,8H2,1-3H3. The van der Waals surface area contributed by atoms with E-state index in [0.717, 1.165) is 16.7 Å². The minimum atomic E-state index is 0.190. The number of hydrogen-bond acceptors (Lipinski definition) is 2. The van der Waals surface area contributed by atoms with Crippen molar-refractivity contribution in [3.05, 3.63) is 48.5 Å². The van der Waals surface area contributed by atoms with Gasteiger partial charge < -0.3 is 5.32 Å². The minimum absolute atomic E-state index is 0.190. The van der Waals surface area contributed by atoms with Crippen molar-refractivity contribution in [3.8, 4) is 0 Å². The molecular formula is C15H16BrCl2NS. The molecule has 1 aromatic heterocycles. The Labute approximate surface area is 142 Å². The molecule has 0 aliphatic carbocycles. The first-order valence-electron chi connectivity index (χ1n) is 6.25. The van der Waals surface area contributed by atoms with Crippen LogP contribution >= 0.6 is 50.5 Å². The van der Waals surface area contributed by atoms with Gasteiger partial charge in [-0.15, -0.1) is 11.3 Å². The van der Waals surface area contributed by atoms with Gasteiger partial charge in [0.15, 0.2) is 0 Å². The summed E-state index contributed by atoms with van der Waals surface area (Å²) in [5.74, 6) is 0. The highest BCUT2D eigenvalue weighted by Crippen LogP contribution is 2.35. The second-order valence-electron chi connectivity index (χ2n) is 5.61. The van der Waals surface area contributed by atoms with E-state index in [-0.39, 0.29) is 5.41 Å². The summed E-state index contributed by atoms with van der Waals surface area (Å²) < 4.78 is 0.879. The van der Waals surface area contributed by atoms with Gasteiger partial charge in [0.1, 0.15) is 0 Å². The molecule has 0 bridgehead atoms. The maximum absolute atomic E-state index is 6.21. The fraction of sp³-hybridized carbons (Fsp3) is 0.333. The lowest BCUT2D eigenvalue weighted by atomic mass is 9.95. The van der Waals surface area contributed by atoms with Crippen LogP contribution in [0.3, 0.4) is 0 Å². The van der Waals surface area contributed by atoms with Gasteiger partial charge in [-0.25, -0.2) is 0 Å². The van der Waals surface area contributed by atoms with E-state index in [9.17, 15) is 0 Å². The summed E-state index contributed by atoms with van der Waals surface area (Å²) in [5, 5.41) is 4.56. The SMILES string of the molecule is CC(C)(C)c1ccc(CNc2c(Cl)cc(Br)cc2Cl)s1. The van der Waals surface area contributed by atoms with Crippen molar-refractivity contribution in [3.63, 3.8) is 0 Å². The van der Waals surface area contributed by atoms with Crippen LogP contribution in [0, 0.1) is 0 Å². The lowest BCUT2D eigenvalue weighted by molar-refractivity contribution is 0.604. The van der Waals surface area contributed by atoms with E-state index in [1.54, 1.807) is 0 Å². The summed E-state index contributed by atoms with van der Waals surface area (Å²) in [5.41, 5.74) is 0.970. The first-order valence-corrected chi connectivity index (χ1v) is 8.61. The molecule has 0 atom stereocenters. The molecule has 0 radical (unpaired) electrons. The van der Waals surface area contributed by atoms with Crippen LogP contribution in [0.5, 0.6) is 0 Å². The molecule has 0 amide bonds. The Balaban J connectivity index is 2.12. The number of thiophene rings is 1. The van der Waals surface area contributed by atoms with Gasteiger partial charge in [-0.3, -0.25) is 0 Å². The maximum atomic E-state index is 6.21. The minimum Gasteiger partial charge on any atom is -0.378 e. The van der Waals surface area contributed by atoms with Crippen LogP contribution in [-0.2, 0) is 12.0 Å². The maximum Gasteiger partial charge on any atom is 0.0722 e. The molecule has 0 aliphatic heterocycles. The van der Waals surface area contributed by atoms with Gasteiger partial charge in [-0.1, -0.05) is 59.9 Å². The van der Waals surface area contributed by atoms with E-state index in [4.69, 9.17) is 23.2 Å². The molecule has 108 valence electrons. The largest absolute Gasteiger partial charge is 0.378 e. The zero-order chi connectivity index (χ0) is 14.9. The molecule has 0 saturated carbocycles. The van der Waals surface area contributed by atoms with Crippen LogP contribution in [0.4, 0.5) is 5.69 Å². The van der Waals surface area contributed by atoms with E-state index >= 15 is 0 Å². The summed E-state index contributed by atoms with van der Waals surface area (Å²) in [4.78, 5) is 2.65. The molecule has 1 N–H and O–H groups in total. The van der Waals surface area contributed by atoms with Crippen LogP contribution in [0.2, 0.25) is 10.0 Å². The summed E-state index contributed by atoms with van der Waals surface area (Å²) in [6, 6.07) is 8.01. The molecule has 0 saturated heterocycles. The van der Waals surface area contributed by atoms with Crippen molar-refractivity contribution >= 4 is 56.2 Å². The van der Waals surface area contributed by atoms with Crippen molar-refractivity contribution in [2.45, 2.75) is 32.7 Å².